The van der Waals surface area contributed by atoms with Gasteiger partial charge < -0.3 is 14.2 Å². The fraction of sp³-hybridized carbons (Fsp3) is 0.789. The van der Waals surface area contributed by atoms with E-state index in [0.717, 1.165) is 12.8 Å². The lowest BCUT2D eigenvalue weighted by Crippen LogP contribution is -2.67. The molecule has 0 amide bonds. The molecule has 1 saturated carbocycles. The maximum atomic E-state index is 13.8. The lowest BCUT2D eigenvalue weighted by atomic mass is 9.59. The van der Waals surface area contributed by atoms with Crippen molar-refractivity contribution in [2.75, 3.05) is 13.2 Å². The molecule has 0 aromatic carbocycles. The minimum Gasteiger partial charge on any atom is -0.456 e. The third kappa shape index (κ3) is 2.92. The molecule has 5 aliphatic rings. The number of ether oxygens (including phenoxy) is 3. The minimum absolute atomic E-state index is 0.0187. The van der Waals surface area contributed by atoms with Crippen LogP contribution in [0.2, 0.25) is 0 Å². The van der Waals surface area contributed by atoms with E-state index in [1.807, 2.05) is 0 Å². The second-order valence-electron chi connectivity index (χ2n) is 8.13. The molecule has 6 atom stereocenters. The van der Waals surface area contributed by atoms with Crippen molar-refractivity contribution in [3.05, 3.63) is 24.0 Å². The first-order valence-electron chi connectivity index (χ1n) is 9.41. The van der Waals surface area contributed by atoms with E-state index in [4.69, 9.17) is 24.0 Å². The topological polar surface area (TPSA) is 46.2 Å². The summed E-state index contributed by atoms with van der Waals surface area (Å²) in [5.74, 6) is -2.41. The van der Waals surface area contributed by atoms with Gasteiger partial charge in [0.05, 0.1) is 13.2 Å². The quantitative estimate of drug-likeness (QED) is 0.408. The Morgan fingerprint density at radius 1 is 1.26 bits per heavy atom. The summed E-state index contributed by atoms with van der Waals surface area (Å²) >= 11 is 0. The molecule has 8 heteroatoms. The lowest BCUT2D eigenvalue weighted by molar-refractivity contribution is -0.557. The van der Waals surface area contributed by atoms with Crippen molar-refractivity contribution in [2.45, 2.75) is 63.4 Å². The number of alkyl halides is 3. The lowest BCUT2D eigenvalue weighted by Gasteiger charge is -2.57. The highest BCUT2D eigenvalue weighted by Crippen LogP contribution is 2.61. The first-order valence-corrected chi connectivity index (χ1v) is 9.41. The Morgan fingerprint density at radius 2 is 2.04 bits per heavy atom. The van der Waals surface area contributed by atoms with Crippen LogP contribution in [0.5, 0.6) is 0 Å². The second kappa shape index (κ2) is 6.47. The Hall–Kier alpha value is -1.09. The van der Waals surface area contributed by atoms with Crippen LogP contribution >= 0.6 is 0 Å². The van der Waals surface area contributed by atoms with Crippen molar-refractivity contribution in [3.8, 4) is 0 Å². The van der Waals surface area contributed by atoms with Crippen molar-refractivity contribution < 1.29 is 37.2 Å². The van der Waals surface area contributed by atoms with Gasteiger partial charge in [0.25, 0.3) is 0 Å². The largest absolute Gasteiger partial charge is 0.456 e. The SMILES string of the molecule is C=CCOCC1=C(C(F)(F)F)O[C@@H]2O[C@@]3(C)CCC4[C@H](C)CCC1[C@]42OO3. The van der Waals surface area contributed by atoms with Crippen LogP contribution in [0.25, 0.3) is 0 Å². The second-order valence-corrected chi connectivity index (χ2v) is 8.13. The Morgan fingerprint density at radius 3 is 2.74 bits per heavy atom. The number of allylic oxidation sites excluding steroid dienone is 1. The van der Waals surface area contributed by atoms with E-state index in [9.17, 15) is 13.2 Å². The van der Waals surface area contributed by atoms with Crippen molar-refractivity contribution >= 4 is 0 Å². The van der Waals surface area contributed by atoms with Crippen LogP contribution in [0.1, 0.15) is 39.5 Å². The minimum atomic E-state index is -4.64. The van der Waals surface area contributed by atoms with Gasteiger partial charge >= 0.3 is 6.18 Å². The van der Waals surface area contributed by atoms with E-state index < -0.39 is 35.5 Å². The molecule has 4 fully saturated rings. The van der Waals surface area contributed by atoms with Crippen LogP contribution in [-0.2, 0) is 24.0 Å². The number of hydrogen-bond acceptors (Lipinski definition) is 5. The molecule has 152 valence electrons. The van der Waals surface area contributed by atoms with Gasteiger partial charge in [0.2, 0.25) is 17.8 Å². The predicted octanol–water partition coefficient (Wildman–Crippen LogP) is 4.25. The first kappa shape index (κ1) is 19.2. The zero-order valence-corrected chi connectivity index (χ0v) is 15.5. The van der Waals surface area contributed by atoms with Gasteiger partial charge in [0, 0.05) is 23.8 Å². The Labute approximate surface area is 156 Å². The van der Waals surface area contributed by atoms with Gasteiger partial charge in [0.1, 0.15) is 0 Å². The summed E-state index contributed by atoms with van der Waals surface area (Å²) in [7, 11) is 0. The van der Waals surface area contributed by atoms with Crippen LogP contribution in [0, 0.1) is 17.8 Å². The summed E-state index contributed by atoms with van der Waals surface area (Å²) in [5, 5.41) is 0. The maximum Gasteiger partial charge on any atom is 0.449 e. The Bertz CT molecular complexity index is 648. The number of halogens is 3. The van der Waals surface area contributed by atoms with Gasteiger partial charge in [0.15, 0.2) is 5.60 Å². The molecule has 2 unspecified atom stereocenters. The summed E-state index contributed by atoms with van der Waals surface area (Å²) in [4.78, 5) is 11.5. The zero-order chi connectivity index (χ0) is 19.4. The smallest absolute Gasteiger partial charge is 0.449 e. The number of rotatable bonds is 4. The number of hydrogen-bond donors (Lipinski definition) is 0. The average Bonchev–Trinajstić information content (AvgIpc) is 2.83. The van der Waals surface area contributed by atoms with Crippen molar-refractivity contribution in [1.29, 1.82) is 0 Å². The van der Waals surface area contributed by atoms with Crippen LogP contribution < -0.4 is 0 Å². The Kier molecular flexibility index (Phi) is 4.61. The van der Waals surface area contributed by atoms with Gasteiger partial charge in [-0.1, -0.05) is 13.0 Å². The van der Waals surface area contributed by atoms with Gasteiger partial charge in [-0.3, -0.25) is 0 Å². The highest BCUT2D eigenvalue weighted by molar-refractivity contribution is 5.28. The van der Waals surface area contributed by atoms with Gasteiger partial charge in [-0.05, 0) is 32.1 Å². The van der Waals surface area contributed by atoms with Crippen molar-refractivity contribution in [2.24, 2.45) is 17.8 Å². The molecular weight excluding hydrogens is 365 g/mol. The van der Waals surface area contributed by atoms with Crippen LogP contribution in [0.3, 0.4) is 0 Å². The number of fused-ring (bicyclic) bond motifs is 2. The molecular formula is C19H25F3O5. The summed E-state index contributed by atoms with van der Waals surface area (Å²) in [6.07, 6.45) is -1.66. The summed E-state index contributed by atoms with van der Waals surface area (Å²) in [6, 6.07) is 0. The predicted molar refractivity (Wildman–Crippen MR) is 88.0 cm³/mol. The fourth-order valence-corrected chi connectivity index (χ4v) is 5.16. The van der Waals surface area contributed by atoms with E-state index in [0.29, 0.717) is 12.8 Å². The molecule has 3 saturated heterocycles. The normalized spacial score (nSPS) is 43.7. The molecule has 4 heterocycles. The van der Waals surface area contributed by atoms with E-state index in [1.54, 1.807) is 6.92 Å². The van der Waals surface area contributed by atoms with E-state index in [2.05, 4.69) is 13.5 Å². The zero-order valence-electron chi connectivity index (χ0n) is 15.5. The molecule has 4 aliphatic heterocycles. The molecule has 27 heavy (non-hydrogen) atoms. The molecule has 5 nitrogen and oxygen atoms in total. The molecule has 1 spiro atoms. The molecule has 2 bridgehead atoms. The summed E-state index contributed by atoms with van der Waals surface area (Å²) in [5.41, 5.74) is -1.01. The van der Waals surface area contributed by atoms with Crippen LogP contribution in [0.15, 0.2) is 24.0 Å². The van der Waals surface area contributed by atoms with Crippen LogP contribution in [-0.4, -0.2) is 37.1 Å². The van der Waals surface area contributed by atoms with Crippen molar-refractivity contribution in [3.63, 3.8) is 0 Å². The third-order valence-corrected chi connectivity index (χ3v) is 6.41. The highest BCUT2D eigenvalue weighted by Gasteiger charge is 2.70. The Balaban J connectivity index is 1.82. The van der Waals surface area contributed by atoms with Crippen LogP contribution in [0.4, 0.5) is 13.2 Å². The molecule has 0 aromatic rings. The summed E-state index contributed by atoms with van der Waals surface area (Å²) < 4.78 is 58.2. The molecule has 0 aromatic heterocycles. The maximum absolute atomic E-state index is 13.8. The molecule has 5 rings (SSSR count). The van der Waals surface area contributed by atoms with E-state index >= 15 is 0 Å². The van der Waals surface area contributed by atoms with E-state index in [1.165, 1.54) is 6.08 Å². The van der Waals surface area contributed by atoms with Crippen molar-refractivity contribution in [1.82, 2.24) is 0 Å². The third-order valence-electron chi connectivity index (χ3n) is 6.41. The molecule has 0 radical (unpaired) electrons. The van der Waals surface area contributed by atoms with Gasteiger partial charge in [-0.2, -0.15) is 13.2 Å². The first-order chi connectivity index (χ1) is 12.7. The van der Waals surface area contributed by atoms with E-state index in [-0.39, 0.29) is 30.6 Å². The van der Waals surface area contributed by atoms with Gasteiger partial charge in [-0.25, -0.2) is 9.78 Å². The van der Waals surface area contributed by atoms with Gasteiger partial charge in [-0.15, -0.1) is 6.58 Å². The molecule has 0 N–H and O–H groups in total. The molecule has 1 aliphatic carbocycles. The standard InChI is InChI=1S/C19H25F3O5/c1-4-9-23-10-12-14-6-5-11(2)13-7-8-17(3)25-16(18(13,14)27-26-17)24-15(12)19(20,21)22/h4,11,13-14,16H,1,5-10H2,2-3H3/t11-,13?,14?,16-,17-,18-/m1/s1. The fourth-order valence-electron chi connectivity index (χ4n) is 5.16. The summed E-state index contributed by atoms with van der Waals surface area (Å²) in [6.45, 7) is 7.30. The average molecular weight is 390 g/mol. The highest BCUT2D eigenvalue weighted by atomic mass is 19.4. The monoisotopic (exact) mass is 390 g/mol.